The molecule has 1 aromatic rings. The number of rotatable bonds is 10. The summed E-state index contributed by atoms with van der Waals surface area (Å²) in [6.07, 6.45) is 10.8. The summed E-state index contributed by atoms with van der Waals surface area (Å²) in [7, 11) is 0. The van der Waals surface area contributed by atoms with Crippen LogP contribution in [0.25, 0.3) is 6.08 Å². The molecule has 0 fully saturated rings. The van der Waals surface area contributed by atoms with Gasteiger partial charge in [0, 0.05) is 5.92 Å². The topological polar surface area (TPSA) is 20.2 Å². The molecule has 0 bridgehead atoms. The maximum Gasteiger partial charge on any atom is 0.0794 e. The number of thioether (sulfide) groups is 1. The van der Waals surface area contributed by atoms with Gasteiger partial charge < -0.3 is 5.11 Å². The van der Waals surface area contributed by atoms with E-state index in [1.54, 1.807) is 0 Å². The fourth-order valence-corrected chi connectivity index (χ4v) is 3.46. The highest BCUT2D eigenvalue weighted by Crippen LogP contribution is 2.28. The van der Waals surface area contributed by atoms with Gasteiger partial charge in [-0.3, -0.25) is 0 Å². The van der Waals surface area contributed by atoms with Crippen LogP contribution in [-0.2, 0) is 0 Å². The normalized spacial score (nSPS) is 15.2. The summed E-state index contributed by atoms with van der Waals surface area (Å²) in [6, 6.07) is 10.1. The van der Waals surface area contributed by atoms with Crippen LogP contribution < -0.4 is 0 Å². The minimum Gasteiger partial charge on any atom is -0.388 e. The van der Waals surface area contributed by atoms with Gasteiger partial charge in [-0.2, -0.15) is 0 Å². The quantitative estimate of drug-likeness (QED) is 0.541. The molecule has 0 saturated heterocycles. The first kappa shape index (κ1) is 19.1. The van der Waals surface area contributed by atoms with Crippen LogP contribution in [-0.4, -0.2) is 17.0 Å². The molecule has 0 unspecified atom stereocenters. The molecule has 2 atom stereocenters. The molecular formula is C20H30OS. The van der Waals surface area contributed by atoms with Gasteiger partial charge in [-0.1, -0.05) is 81.7 Å². The third-order valence-electron chi connectivity index (χ3n) is 3.80. The zero-order valence-electron chi connectivity index (χ0n) is 14.2. The van der Waals surface area contributed by atoms with E-state index in [4.69, 9.17) is 0 Å². The molecule has 1 nitrogen and oxygen atoms in total. The molecule has 122 valence electrons. The summed E-state index contributed by atoms with van der Waals surface area (Å²) >= 11 is 1.90. The predicted octanol–water partition coefficient (Wildman–Crippen LogP) is 5.91. The van der Waals surface area contributed by atoms with E-state index in [0.29, 0.717) is 0 Å². The smallest absolute Gasteiger partial charge is 0.0794 e. The molecule has 1 N–H and O–H groups in total. The van der Waals surface area contributed by atoms with E-state index in [-0.39, 0.29) is 5.92 Å². The molecule has 0 aliphatic carbocycles. The Hall–Kier alpha value is -0.990. The molecule has 0 spiro atoms. The maximum atomic E-state index is 10.4. The van der Waals surface area contributed by atoms with Gasteiger partial charge in [-0.25, -0.2) is 0 Å². The SMILES string of the molecule is C/C=C(\SCCCCCC)[C@H](C)[C@@H](O)/C=C/c1ccccc1. The van der Waals surface area contributed by atoms with Gasteiger partial charge in [0.05, 0.1) is 6.10 Å². The second-order valence-electron chi connectivity index (χ2n) is 5.65. The van der Waals surface area contributed by atoms with Crippen molar-refractivity contribution in [1.82, 2.24) is 0 Å². The lowest BCUT2D eigenvalue weighted by molar-refractivity contribution is 0.184. The minimum absolute atomic E-state index is 0.154. The number of hydrogen-bond donors (Lipinski definition) is 1. The first-order chi connectivity index (χ1) is 10.7. The van der Waals surface area contributed by atoms with Crippen molar-refractivity contribution >= 4 is 17.8 Å². The molecule has 0 heterocycles. The highest BCUT2D eigenvalue weighted by molar-refractivity contribution is 8.03. The Morgan fingerprint density at radius 3 is 2.55 bits per heavy atom. The monoisotopic (exact) mass is 318 g/mol. The van der Waals surface area contributed by atoms with E-state index in [1.807, 2.05) is 54.2 Å². The molecule has 22 heavy (non-hydrogen) atoms. The first-order valence-electron chi connectivity index (χ1n) is 8.39. The van der Waals surface area contributed by atoms with Crippen molar-refractivity contribution in [2.24, 2.45) is 5.92 Å². The van der Waals surface area contributed by atoms with E-state index in [1.165, 1.54) is 30.6 Å². The molecular weight excluding hydrogens is 288 g/mol. The third kappa shape index (κ3) is 7.33. The maximum absolute atomic E-state index is 10.4. The van der Waals surface area contributed by atoms with Crippen molar-refractivity contribution in [3.63, 3.8) is 0 Å². The average molecular weight is 319 g/mol. The summed E-state index contributed by atoms with van der Waals surface area (Å²) in [6.45, 7) is 6.41. The zero-order chi connectivity index (χ0) is 16.2. The summed E-state index contributed by atoms with van der Waals surface area (Å²) in [5, 5.41) is 10.4. The van der Waals surface area contributed by atoms with Crippen LogP contribution in [0.3, 0.4) is 0 Å². The van der Waals surface area contributed by atoms with Crippen LogP contribution >= 0.6 is 11.8 Å². The van der Waals surface area contributed by atoms with Crippen LogP contribution in [0.1, 0.15) is 52.0 Å². The van der Waals surface area contributed by atoms with Gasteiger partial charge in [0.1, 0.15) is 0 Å². The molecule has 0 aliphatic heterocycles. The number of hydrogen-bond acceptors (Lipinski definition) is 2. The van der Waals surface area contributed by atoms with Crippen LogP contribution in [0.15, 0.2) is 47.4 Å². The summed E-state index contributed by atoms with van der Waals surface area (Å²) in [5.74, 6) is 1.31. The Morgan fingerprint density at radius 2 is 1.91 bits per heavy atom. The van der Waals surface area contributed by atoms with E-state index in [9.17, 15) is 5.11 Å². The molecule has 1 rings (SSSR count). The Morgan fingerprint density at radius 1 is 1.18 bits per heavy atom. The van der Waals surface area contributed by atoms with Crippen LogP contribution in [0.4, 0.5) is 0 Å². The highest BCUT2D eigenvalue weighted by atomic mass is 32.2. The van der Waals surface area contributed by atoms with Crippen molar-refractivity contribution in [3.8, 4) is 0 Å². The first-order valence-corrected chi connectivity index (χ1v) is 9.38. The average Bonchev–Trinajstić information content (AvgIpc) is 2.56. The Labute approximate surface area is 140 Å². The van der Waals surface area contributed by atoms with E-state index in [2.05, 4.69) is 26.8 Å². The summed E-state index contributed by atoms with van der Waals surface area (Å²) in [5.41, 5.74) is 1.13. The fourth-order valence-electron chi connectivity index (χ4n) is 2.31. The zero-order valence-corrected chi connectivity index (χ0v) is 15.0. The van der Waals surface area contributed by atoms with Crippen molar-refractivity contribution in [1.29, 1.82) is 0 Å². The van der Waals surface area contributed by atoms with E-state index in [0.717, 1.165) is 11.3 Å². The minimum atomic E-state index is -0.436. The van der Waals surface area contributed by atoms with Gasteiger partial charge in [-0.05, 0) is 29.6 Å². The second kappa shape index (κ2) is 11.6. The van der Waals surface area contributed by atoms with Crippen molar-refractivity contribution in [2.45, 2.75) is 52.6 Å². The Balaban J connectivity index is 2.45. The highest BCUT2D eigenvalue weighted by Gasteiger charge is 2.15. The lowest BCUT2D eigenvalue weighted by Gasteiger charge is -2.19. The molecule has 0 radical (unpaired) electrons. The van der Waals surface area contributed by atoms with Gasteiger partial charge in [0.2, 0.25) is 0 Å². The lowest BCUT2D eigenvalue weighted by atomic mass is 10.0. The molecule has 0 saturated carbocycles. The Kier molecular flexibility index (Phi) is 10.0. The second-order valence-corrected chi connectivity index (χ2v) is 6.82. The predicted molar refractivity (Wildman–Crippen MR) is 101 cm³/mol. The fraction of sp³-hybridized carbons (Fsp3) is 0.500. The molecule has 2 heteroatoms. The van der Waals surface area contributed by atoms with E-state index < -0.39 is 6.10 Å². The third-order valence-corrected chi connectivity index (χ3v) is 5.23. The molecule has 0 aromatic heterocycles. The largest absolute Gasteiger partial charge is 0.388 e. The number of allylic oxidation sites excluding steroid dienone is 1. The van der Waals surface area contributed by atoms with Crippen LogP contribution in [0, 0.1) is 5.92 Å². The van der Waals surface area contributed by atoms with Crippen LogP contribution in [0.2, 0.25) is 0 Å². The number of benzene rings is 1. The van der Waals surface area contributed by atoms with Gasteiger partial charge >= 0.3 is 0 Å². The van der Waals surface area contributed by atoms with Crippen molar-refractivity contribution in [3.05, 3.63) is 53.0 Å². The van der Waals surface area contributed by atoms with Gasteiger partial charge in [0.25, 0.3) is 0 Å². The number of unbranched alkanes of at least 4 members (excludes halogenated alkanes) is 3. The number of aliphatic hydroxyl groups excluding tert-OH is 1. The lowest BCUT2D eigenvalue weighted by Crippen LogP contribution is -2.16. The molecule has 0 amide bonds. The van der Waals surface area contributed by atoms with Crippen LogP contribution in [0.5, 0.6) is 0 Å². The van der Waals surface area contributed by atoms with Gasteiger partial charge in [0.15, 0.2) is 0 Å². The Bertz CT molecular complexity index is 450. The standard InChI is InChI=1S/C20H30OS/c1-4-6-7-11-16-22-20(5-2)17(3)19(21)15-14-18-12-9-8-10-13-18/h5,8-10,12-15,17,19,21H,4,6-7,11,16H2,1-3H3/b15-14+,20-5-/t17-,19+/m1/s1. The molecule has 1 aromatic carbocycles. The number of aliphatic hydroxyl groups is 1. The van der Waals surface area contributed by atoms with Gasteiger partial charge in [-0.15, -0.1) is 11.8 Å². The summed E-state index contributed by atoms with van der Waals surface area (Å²) < 4.78 is 0. The van der Waals surface area contributed by atoms with E-state index >= 15 is 0 Å². The molecule has 0 aliphatic rings. The van der Waals surface area contributed by atoms with Crippen molar-refractivity contribution < 1.29 is 5.11 Å². The van der Waals surface area contributed by atoms with Crippen molar-refractivity contribution in [2.75, 3.05) is 5.75 Å². The summed E-state index contributed by atoms with van der Waals surface area (Å²) in [4.78, 5) is 1.29.